The molecule has 0 bridgehead atoms. The molecular weight excluding hydrogens is 224 g/mol. The molecule has 84 valence electrons. The maximum Gasteiger partial charge on any atom is 0.251 e. The number of nitriles is 1. The molecule has 1 unspecified atom stereocenters. The predicted molar refractivity (Wildman–Crippen MR) is 63.1 cm³/mol. The highest BCUT2D eigenvalue weighted by atomic mass is 35.5. The number of hydrogen-bond acceptors (Lipinski definition) is 2. The number of alkyl halides is 1. The molecule has 16 heavy (non-hydrogen) atoms. The van der Waals surface area contributed by atoms with Gasteiger partial charge >= 0.3 is 0 Å². The fraction of sp³-hybridized carbons (Fsp3) is 0.333. The fourth-order valence-corrected chi connectivity index (χ4v) is 1.36. The van der Waals surface area contributed by atoms with Crippen molar-refractivity contribution in [2.24, 2.45) is 5.92 Å². The summed E-state index contributed by atoms with van der Waals surface area (Å²) in [5.74, 6) is 0.0321. The molecule has 1 aromatic carbocycles. The zero-order valence-corrected chi connectivity index (χ0v) is 9.79. The number of amides is 1. The second-order valence-corrected chi connectivity index (χ2v) is 3.84. The van der Waals surface area contributed by atoms with E-state index in [-0.39, 0.29) is 11.8 Å². The van der Waals surface area contributed by atoms with E-state index in [9.17, 15) is 4.79 Å². The highest BCUT2D eigenvalue weighted by molar-refractivity contribution is 6.17. The number of carbonyl (C=O) groups is 1. The van der Waals surface area contributed by atoms with Gasteiger partial charge in [-0.05, 0) is 24.6 Å². The molecule has 1 rings (SSSR count). The summed E-state index contributed by atoms with van der Waals surface area (Å²) in [6.07, 6.45) is 0. The van der Waals surface area contributed by atoms with Crippen LogP contribution >= 0.6 is 11.6 Å². The van der Waals surface area contributed by atoms with Gasteiger partial charge in [0.2, 0.25) is 0 Å². The predicted octanol–water partition coefficient (Wildman–Crippen LogP) is 2.31. The standard InChI is InChI=1S/C12H13ClN2O/c1-9(7-14)8-15-12(16)11-4-2-3-10(5-11)6-13/h2-5,9H,6,8H2,1H3,(H,15,16). The van der Waals surface area contributed by atoms with Gasteiger partial charge in [-0.2, -0.15) is 5.26 Å². The van der Waals surface area contributed by atoms with Crippen molar-refractivity contribution in [3.8, 4) is 6.07 Å². The second kappa shape index (κ2) is 6.14. The zero-order chi connectivity index (χ0) is 12.0. The van der Waals surface area contributed by atoms with Crippen LogP contribution in [0.4, 0.5) is 0 Å². The van der Waals surface area contributed by atoms with Gasteiger partial charge in [-0.3, -0.25) is 4.79 Å². The van der Waals surface area contributed by atoms with E-state index in [4.69, 9.17) is 16.9 Å². The maximum absolute atomic E-state index is 11.7. The largest absolute Gasteiger partial charge is 0.351 e. The summed E-state index contributed by atoms with van der Waals surface area (Å²) in [7, 11) is 0. The summed E-state index contributed by atoms with van der Waals surface area (Å²) < 4.78 is 0. The van der Waals surface area contributed by atoms with Crippen molar-refractivity contribution in [1.29, 1.82) is 5.26 Å². The van der Waals surface area contributed by atoms with Crippen LogP contribution in [0.3, 0.4) is 0 Å². The minimum atomic E-state index is -0.180. The van der Waals surface area contributed by atoms with Crippen molar-refractivity contribution >= 4 is 17.5 Å². The Hall–Kier alpha value is -1.53. The summed E-state index contributed by atoms with van der Waals surface area (Å²) in [6, 6.07) is 9.19. The molecule has 0 radical (unpaired) electrons. The van der Waals surface area contributed by atoms with Crippen LogP contribution in [0.5, 0.6) is 0 Å². The maximum atomic E-state index is 11.7. The summed E-state index contributed by atoms with van der Waals surface area (Å²) in [5, 5.41) is 11.3. The summed E-state index contributed by atoms with van der Waals surface area (Å²) in [4.78, 5) is 11.7. The van der Waals surface area contributed by atoms with Crippen molar-refractivity contribution < 1.29 is 4.79 Å². The molecule has 0 aromatic heterocycles. The van der Waals surface area contributed by atoms with Gasteiger partial charge in [-0.15, -0.1) is 11.6 Å². The zero-order valence-electron chi connectivity index (χ0n) is 9.03. The van der Waals surface area contributed by atoms with Crippen molar-refractivity contribution in [2.45, 2.75) is 12.8 Å². The smallest absolute Gasteiger partial charge is 0.251 e. The van der Waals surface area contributed by atoms with Gasteiger partial charge in [-0.1, -0.05) is 12.1 Å². The van der Waals surface area contributed by atoms with Crippen LogP contribution in [-0.4, -0.2) is 12.5 Å². The second-order valence-electron chi connectivity index (χ2n) is 3.57. The molecule has 1 aromatic rings. The molecule has 0 fully saturated rings. The third kappa shape index (κ3) is 3.56. The Kier molecular flexibility index (Phi) is 4.81. The van der Waals surface area contributed by atoms with Gasteiger partial charge in [0.1, 0.15) is 0 Å². The van der Waals surface area contributed by atoms with E-state index in [1.807, 2.05) is 6.07 Å². The lowest BCUT2D eigenvalue weighted by atomic mass is 10.1. The van der Waals surface area contributed by atoms with Gasteiger partial charge in [0.25, 0.3) is 5.91 Å². The molecule has 0 saturated carbocycles. The summed E-state index contributed by atoms with van der Waals surface area (Å²) in [6.45, 7) is 2.12. The van der Waals surface area contributed by atoms with Crippen molar-refractivity contribution in [3.05, 3.63) is 35.4 Å². The Morgan fingerprint density at radius 3 is 3.00 bits per heavy atom. The average molecular weight is 237 g/mol. The third-order valence-electron chi connectivity index (χ3n) is 2.13. The normalized spacial score (nSPS) is 11.6. The van der Waals surface area contributed by atoms with Crippen LogP contribution in [0.15, 0.2) is 24.3 Å². The minimum absolute atomic E-state index is 0.172. The molecule has 0 saturated heterocycles. The van der Waals surface area contributed by atoms with Gasteiger partial charge in [-0.25, -0.2) is 0 Å². The number of rotatable bonds is 4. The van der Waals surface area contributed by atoms with Gasteiger partial charge in [0, 0.05) is 18.0 Å². The quantitative estimate of drug-likeness (QED) is 0.816. The van der Waals surface area contributed by atoms with Crippen molar-refractivity contribution in [2.75, 3.05) is 6.54 Å². The first-order chi connectivity index (χ1) is 7.67. The van der Waals surface area contributed by atoms with Crippen LogP contribution in [0.25, 0.3) is 0 Å². The highest BCUT2D eigenvalue weighted by Gasteiger charge is 2.07. The van der Waals surface area contributed by atoms with Crippen molar-refractivity contribution in [3.63, 3.8) is 0 Å². The van der Waals surface area contributed by atoms with E-state index >= 15 is 0 Å². The molecule has 0 spiro atoms. The number of halogens is 1. The lowest BCUT2D eigenvalue weighted by Gasteiger charge is -2.06. The number of benzene rings is 1. The Labute approximate surface area is 100 Å². The first-order valence-corrected chi connectivity index (χ1v) is 5.53. The number of carbonyl (C=O) groups excluding carboxylic acids is 1. The van der Waals surface area contributed by atoms with E-state index in [0.29, 0.717) is 18.0 Å². The van der Waals surface area contributed by atoms with Crippen LogP contribution in [0, 0.1) is 17.2 Å². The molecule has 0 aliphatic rings. The molecular formula is C12H13ClN2O. The van der Waals surface area contributed by atoms with E-state index in [2.05, 4.69) is 11.4 Å². The van der Waals surface area contributed by atoms with E-state index < -0.39 is 0 Å². The van der Waals surface area contributed by atoms with Crippen molar-refractivity contribution in [1.82, 2.24) is 5.32 Å². The highest BCUT2D eigenvalue weighted by Crippen LogP contribution is 2.07. The Morgan fingerprint density at radius 1 is 1.62 bits per heavy atom. The Balaban J connectivity index is 2.63. The molecule has 3 nitrogen and oxygen atoms in total. The number of nitrogens with one attached hydrogen (secondary N) is 1. The van der Waals surface area contributed by atoms with Crippen LogP contribution < -0.4 is 5.32 Å². The van der Waals surface area contributed by atoms with Crippen LogP contribution in [-0.2, 0) is 5.88 Å². The van der Waals surface area contributed by atoms with Gasteiger partial charge in [0.15, 0.2) is 0 Å². The van der Waals surface area contributed by atoms with E-state index in [0.717, 1.165) is 5.56 Å². The molecule has 1 amide bonds. The molecule has 4 heteroatoms. The Bertz CT molecular complexity index is 412. The number of nitrogens with zero attached hydrogens (tertiary/aromatic N) is 1. The van der Waals surface area contributed by atoms with Crippen LogP contribution in [0.2, 0.25) is 0 Å². The van der Waals surface area contributed by atoms with Gasteiger partial charge < -0.3 is 5.32 Å². The van der Waals surface area contributed by atoms with E-state index in [1.54, 1.807) is 25.1 Å². The topological polar surface area (TPSA) is 52.9 Å². The minimum Gasteiger partial charge on any atom is -0.351 e. The molecule has 1 atom stereocenters. The first-order valence-electron chi connectivity index (χ1n) is 5.00. The van der Waals surface area contributed by atoms with Crippen LogP contribution in [0.1, 0.15) is 22.8 Å². The molecule has 0 aliphatic heterocycles. The monoisotopic (exact) mass is 236 g/mol. The molecule has 0 heterocycles. The van der Waals surface area contributed by atoms with Gasteiger partial charge in [0.05, 0.1) is 12.0 Å². The molecule has 0 aliphatic carbocycles. The SMILES string of the molecule is CC(C#N)CNC(=O)c1cccc(CCl)c1. The summed E-state index contributed by atoms with van der Waals surface area (Å²) >= 11 is 5.68. The average Bonchev–Trinajstić information content (AvgIpc) is 2.35. The summed E-state index contributed by atoms with van der Waals surface area (Å²) in [5.41, 5.74) is 1.48. The lowest BCUT2D eigenvalue weighted by molar-refractivity contribution is 0.0950. The lowest BCUT2D eigenvalue weighted by Crippen LogP contribution is -2.27. The first kappa shape index (κ1) is 12.5. The fourth-order valence-electron chi connectivity index (χ4n) is 1.19. The molecule has 1 N–H and O–H groups in total. The van der Waals surface area contributed by atoms with E-state index in [1.165, 1.54) is 0 Å². The Morgan fingerprint density at radius 2 is 2.38 bits per heavy atom. The number of hydrogen-bond donors (Lipinski definition) is 1. The third-order valence-corrected chi connectivity index (χ3v) is 2.44.